The average molecular weight is 200 g/mol. The molecule has 68 valence electrons. The highest BCUT2D eigenvalue weighted by Crippen LogP contribution is 2.04. The third kappa shape index (κ3) is 16.4. The Morgan fingerprint density at radius 1 is 1.42 bits per heavy atom. The molecule has 0 amide bonds. The van der Waals surface area contributed by atoms with Crippen molar-refractivity contribution in [3.8, 4) is 11.8 Å². The number of hydrogen-bond acceptors (Lipinski definition) is 2. The van der Waals surface area contributed by atoms with Crippen LogP contribution in [0.5, 0.6) is 0 Å². The fraction of sp³-hybridized carbons (Fsp3) is 0.500. The molecule has 0 nitrogen and oxygen atoms in total. The molecule has 0 aromatic heterocycles. The molecule has 0 radical (unpaired) electrons. The zero-order valence-electron chi connectivity index (χ0n) is 8.23. The Morgan fingerprint density at radius 2 is 2.00 bits per heavy atom. The summed E-state index contributed by atoms with van der Waals surface area (Å²) in [5.74, 6) is 6.68. The van der Waals surface area contributed by atoms with Gasteiger partial charge in [0.15, 0.2) is 0 Å². The topological polar surface area (TPSA) is 0 Å². The molecule has 0 atom stereocenters. The summed E-state index contributed by atoms with van der Waals surface area (Å²) < 4.78 is 0. The smallest absolute Gasteiger partial charge is 0.0544 e. The predicted molar refractivity (Wildman–Crippen MR) is 63.7 cm³/mol. The van der Waals surface area contributed by atoms with Gasteiger partial charge in [-0.3, -0.25) is 0 Å². The zero-order chi connectivity index (χ0) is 9.82. The molecule has 0 saturated heterocycles. The molecule has 0 aliphatic carbocycles. The van der Waals surface area contributed by atoms with E-state index < -0.39 is 0 Å². The van der Waals surface area contributed by atoms with Gasteiger partial charge < -0.3 is 0 Å². The van der Waals surface area contributed by atoms with Crippen molar-refractivity contribution in [3.63, 3.8) is 0 Å². The van der Waals surface area contributed by atoms with Crippen molar-refractivity contribution in [3.05, 3.63) is 17.2 Å². The lowest BCUT2D eigenvalue weighted by atomic mass is 10.7. The Bertz CT molecular complexity index is 190. The minimum atomic E-state index is 0.969. The van der Waals surface area contributed by atoms with Gasteiger partial charge >= 0.3 is 0 Å². The molecular weight excluding hydrogens is 184 g/mol. The first-order chi connectivity index (χ1) is 5.72. The molecule has 2 heteroatoms. The Kier molecular flexibility index (Phi) is 16.0. The van der Waals surface area contributed by atoms with Gasteiger partial charge in [-0.05, 0) is 26.4 Å². The second kappa shape index (κ2) is 13.4. The summed E-state index contributed by atoms with van der Waals surface area (Å²) in [6.45, 7) is 7.29. The summed E-state index contributed by atoms with van der Waals surface area (Å²) in [4.78, 5) is 1.15. The zero-order valence-corrected chi connectivity index (χ0v) is 9.86. The van der Waals surface area contributed by atoms with Crippen molar-refractivity contribution >= 4 is 23.5 Å². The molecule has 12 heavy (non-hydrogen) atoms. The molecule has 0 heterocycles. The molecule has 0 aliphatic rings. The van der Waals surface area contributed by atoms with Gasteiger partial charge in [-0.1, -0.05) is 12.5 Å². The van der Waals surface area contributed by atoms with Crippen LogP contribution < -0.4 is 0 Å². The summed E-state index contributed by atoms with van der Waals surface area (Å²) in [6, 6.07) is 0. The Hall–Kier alpha value is -0.220. The molecule has 0 N–H and O–H groups in total. The fourth-order valence-corrected chi connectivity index (χ4v) is 0.650. The maximum absolute atomic E-state index is 3.45. The number of thioether (sulfide) groups is 2. The highest BCUT2D eigenvalue weighted by Gasteiger charge is 1.72. The maximum Gasteiger partial charge on any atom is 0.0544 e. The Morgan fingerprint density at radius 3 is 2.08 bits per heavy atom. The summed E-state index contributed by atoms with van der Waals surface area (Å²) in [5.41, 5.74) is 2.74. The molecule has 0 rings (SSSR count). The first-order valence-corrected chi connectivity index (χ1v) is 6.13. The van der Waals surface area contributed by atoms with Gasteiger partial charge in [-0.15, -0.1) is 23.4 Å². The van der Waals surface area contributed by atoms with Crippen molar-refractivity contribution < 1.29 is 0 Å². The molecule has 0 aliphatic heterocycles. The molecular formula is C10H16S2. The van der Waals surface area contributed by atoms with E-state index in [1.54, 1.807) is 23.5 Å². The van der Waals surface area contributed by atoms with E-state index in [2.05, 4.69) is 24.2 Å². The number of allylic oxidation sites excluding steroid dienone is 1. The van der Waals surface area contributed by atoms with Crippen LogP contribution in [0.4, 0.5) is 0 Å². The standard InChI is InChI=1S/2C5H8S/c1-4-5(2)6-3;1-3-4-5-6-2/h1H2,2-3H3;5H2,1-2H3. The van der Waals surface area contributed by atoms with Crippen molar-refractivity contribution in [2.45, 2.75) is 13.8 Å². The van der Waals surface area contributed by atoms with Crippen LogP contribution in [0, 0.1) is 11.8 Å². The van der Waals surface area contributed by atoms with E-state index in [9.17, 15) is 0 Å². The van der Waals surface area contributed by atoms with Gasteiger partial charge in [0.05, 0.1) is 5.75 Å². The first-order valence-electron chi connectivity index (χ1n) is 3.52. The molecule has 0 aromatic carbocycles. The van der Waals surface area contributed by atoms with Gasteiger partial charge in [0.1, 0.15) is 0 Å². The quantitative estimate of drug-likeness (QED) is 0.495. The van der Waals surface area contributed by atoms with Crippen molar-refractivity contribution in [1.29, 1.82) is 0 Å². The summed E-state index contributed by atoms with van der Waals surface area (Å²) in [6.07, 6.45) is 4.05. The highest BCUT2D eigenvalue weighted by molar-refractivity contribution is 8.02. The second-order valence-corrected chi connectivity index (χ2v) is 3.68. The van der Waals surface area contributed by atoms with Crippen LogP contribution >= 0.6 is 23.5 Å². The van der Waals surface area contributed by atoms with Crippen LogP contribution in [0.25, 0.3) is 0 Å². The van der Waals surface area contributed by atoms with E-state index >= 15 is 0 Å². The largest absolute Gasteiger partial charge is 0.152 e. The SMILES string of the molecule is C=C=C(C)SC.CC#CCSC. The van der Waals surface area contributed by atoms with Crippen LogP contribution in [0.3, 0.4) is 0 Å². The molecule has 0 aromatic rings. The molecule has 0 spiro atoms. The summed E-state index contributed by atoms with van der Waals surface area (Å²) in [5, 5.41) is 0. The molecule has 0 unspecified atom stereocenters. The van der Waals surface area contributed by atoms with Gasteiger partial charge in [0.25, 0.3) is 0 Å². The lowest BCUT2D eigenvalue weighted by Gasteiger charge is -1.80. The van der Waals surface area contributed by atoms with Crippen LogP contribution in [-0.2, 0) is 0 Å². The van der Waals surface area contributed by atoms with E-state index in [1.807, 2.05) is 26.4 Å². The third-order valence-corrected chi connectivity index (χ3v) is 2.14. The Labute approximate surface area is 84.9 Å². The molecule has 0 bridgehead atoms. The molecule has 0 saturated carbocycles. The Balaban J connectivity index is 0. The molecule has 0 fully saturated rings. The van der Waals surface area contributed by atoms with E-state index in [4.69, 9.17) is 0 Å². The number of rotatable bonds is 2. The average Bonchev–Trinajstić information content (AvgIpc) is 2.14. The van der Waals surface area contributed by atoms with Gasteiger partial charge in [0, 0.05) is 4.91 Å². The van der Waals surface area contributed by atoms with Crippen LogP contribution in [0.15, 0.2) is 17.2 Å². The van der Waals surface area contributed by atoms with E-state index in [0.717, 1.165) is 10.7 Å². The van der Waals surface area contributed by atoms with E-state index in [0.29, 0.717) is 0 Å². The monoisotopic (exact) mass is 200 g/mol. The third-order valence-electron chi connectivity index (χ3n) is 0.948. The minimum Gasteiger partial charge on any atom is -0.152 e. The summed E-state index contributed by atoms with van der Waals surface area (Å²) >= 11 is 3.42. The lowest BCUT2D eigenvalue weighted by molar-refractivity contribution is 1.71. The van der Waals surface area contributed by atoms with Crippen LogP contribution in [0.2, 0.25) is 0 Å². The van der Waals surface area contributed by atoms with Crippen molar-refractivity contribution in [1.82, 2.24) is 0 Å². The van der Waals surface area contributed by atoms with E-state index in [1.165, 1.54) is 0 Å². The van der Waals surface area contributed by atoms with Gasteiger partial charge in [-0.25, -0.2) is 0 Å². The fourth-order valence-electron chi connectivity index (χ4n) is 0.217. The van der Waals surface area contributed by atoms with E-state index in [-0.39, 0.29) is 0 Å². The number of hydrogen-bond donors (Lipinski definition) is 0. The van der Waals surface area contributed by atoms with Gasteiger partial charge in [0.2, 0.25) is 0 Å². The minimum absolute atomic E-state index is 0.969. The first kappa shape index (κ1) is 14.3. The predicted octanol–water partition coefficient (Wildman–Crippen LogP) is 3.41. The van der Waals surface area contributed by atoms with Crippen LogP contribution in [0.1, 0.15) is 13.8 Å². The second-order valence-electron chi connectivity index (χ2n) is 1.80. The maximum atomic E-state index is 3.45. The van der Waals surface area contributed by atoms with Crippen molar-refractivity contribution in [2.75, 3.05) is 18.3 Å². The van der Waals surface area contributed by atoms with Crippen molar-refractivity contribution in [2.24, 2.45) is 0 Å². The highest BCUT2D eigenvalue weighted by atomic mass is 32.2. The van der Waals surface area contributed by atoms with Gasteiger partial charge in [-0.2, -0.15) is 11.8 Å². The van der Waals surface area contributed by atoms with Crippen LogP contribution in [-0.4, -0.2) is 18.3 Å². The lowest BCUT2D eigenvalue weighted by Crippen LogP contribution is -1.61. The normalized spacial score (nSPS) is 6.67. The summed E-state index contributed by atoms with van der Waals surface area (Å²) in [7, 11) is 0.